The largest absolute Gasteiger partial charge is 0.509 e. The highest BCUT2D eigenvalue weighted by Gasteiger charge is 2.50. The van der Waals surface area contributed by atoms with E-state index in [4.69, 9.17) is 4.74 Å². The third kappa shape index (κ3) is 2.42. The molecule has 0 aliphatic carbocycles. The molecule has 22 heavy (non-hydrogen) atoms. The third-order valence-electron chi connectivity index (χ3n) is 3.66. The van der Waals surface area contributed by atoms with Gasteiger partial charge in [-0.25, -0.2) is 4.79 Å². The number of thioether (sulfide) groups is 1. The van der Waals surface area contributed by atoms with E-state index in [0.717, 1.165) is 10.0 Å². The third-order valence-corrected chi connectivity index (χ3v) is 5.51. The van der Waals surface area contributed by atoms with Gasteiger partial charge in [0.2, 0.25) is 0 Å². The molecule has 0 aromatic heterocycles. The van der Waals surface area contributed by atoms with Gasteiger partial charge in [0, 0.05) is 10.2 Å². The van der Waals surface area contributed by atoms with Crippen molar-refractivity contribution in [2.75, 3.05) is 12.4 Å². The number of aliphatic hydroxyl groups is 1. The minimum Gasteiger partial charge on any atom is -0.509 e. The van der Waals surface area contributed by atoms with Gasteiger partial charge in [0.15, 0.2) is 5.57 Å². The van der Waals surface area contributed by atoms with Crippen LogP contribution in [0.5, 0.6) is 0 Å². The Labute approximate surface area is 140 Å². The Bertz CT molecular complexity index is 658. The van der Waals surface area contributed by atoms with E-state index in [1.807, 2.05) is 24.3 Å². The van der Waals surface area contributed by atoms with E-state index in [1.165, 1.54) is 0 Å². The van der Waals surface area contributed by atoms with Gasteiger partial charge < -0.3 is 14.7 Å². The summed E-state index contributed by atoms with van der Waals surface area (Å²) in [5, 5.41) is 10.0. The maximum atomic E-state index is 12.5. The number of nitrogens with zero attached hydrogens (tertiary/aromatic N) is 1. The molecule has 2 aliphatic rings. The van der Waals surface area contributed by atoms with Crippen molar-refractivity contribution in [1.29, 1.82) is 0 Å². The molecule has 1 unspecified atom stereocenters. The van der Waals surface area contributed by atoms with Crippen LogP contribution in [0.15, 0.2) is 40.1 Å². The molecule has 0 saturated carbocycles. The number of hydrogen-bond donors (Lipinski definition) is 1. The van der Waals surface area contributed by atoms with Gasteiger partial charge in [-0.15, -0.1) is 11.8 Å². The zero-order valence-electron chi connectivity index (χ0n) is 11.8. The number of ether oxygens (including phenoxy) is 1. The second-order valence-electron chi connectivity index (χ2n) is 4.95. The van der Waals surface area contributed by atoms with Gasteiger partial charge >= 0.3 is 5.97 Å². The molecule has 7 heteroatoms. The first-order valence-electron chi connectivity index (χ1n) is 6.84. The van der Waals surface area contributed by atoms with E-state index < -0.39 is 17.9 Å². The van der Waals surface area contributed by atoms with Crippen LogP contribution in [0.25, 0.3) is 0 Å². The second-order valence-corrected chi connectivity index (χ2v) is 6.98. The molecule has 2 atom stereocenters. The molecule has 116 valence electrons. The van der Waals surface area contributed by atoms with Crippen LogP contribution in [0.3, 0.4) is 0 Å². The SMILES string of the molecule is CCOC(=O)C1=C(O)C2CS[C@@H](c3ccc(Br)cc3)N2C1=O. The summed E-state index contributed by atoms with van der Waals surface area (Å²) in [7, 11) is 0. The van der Waals surface area contributed by atoms with Crippen molar-refractivity contribution in [3.8, 4) is 0 Å². The van der Waals surface area contributed by atoms with Gasteiger partial charge in [-0.05, 0) is 24.6 Å². The van der Waals surface area contributed by atoms with Crippen LogP contribution in [0.4, 0.5) is 0 Å². The van der Waals surface area contributed by atoms with E-state index in [0.29, 0.717) is 5.75 Å². The van der Waals surface area contributed by atoms with Crippen LogP contribution >= 0.6 is 27.7 Å². The Morgan fingerprint density at radius 3 is 2.77 bits per heavy atom. The first-order chi connectivity index (χ1) is 10.5. The van der Waals surface area contributed by atoms with Crippen LogP contribution in [0.2, 0.25) is 0 Å². The standard InChI is InChI=1S/C15H14BrNO4S/c1-2-21-15(20)11-12(18)10-7-22-14(17(10)13(11)19)8-3-5-9(16)6-4-8/h3-6,10,14,18H,2,7H2,1H3/t10?,14-/m0/s1. The second kappa shape index (κ2) is 5.96. The van der Waals surface area contributed by atoms with Crippen molar-refractivity contribution in [3.05, 3.63) is 45.6 Å². The van der Waals surface area contributed by atoms with E-state index in [9.17, 15) is 14.7 Å². The van der Waals surface area contributed by atoms with E-state index >= 15 is 0 Å². The molecule has 1 aromatic carbocycles. The van der Waals surface area contributed by atoms with Gasteiger partial charge in [0.05, 0.1) is 6.61 Å². The number of aliphatic hydroxyl groups excluding tert-OH is 1. The first kappa shape index (κ1) is 15.4. The number of benzene rings is 1. The van der Waals surface area contributed by atoms with Crippen LogP contribution in [-0.4, -0.2) is 40.3 Å². The molecule has 1 amide bonds. The van der Waals surface area contributed by atoms with Crippen LogP contribution < -0.4 is 0 Å². The van der Waals surface area contributed by atoms with Crippen molar-refractivity contribution in [2.45, 2.75) is 18.3 Å². The highest BCUT2D eigenvalue weighted by molar-refractivity contribution is 9.10. The van der Waals surface area contributed by atoms with E-state index in [1.54, 1.807) is 23.6 Å². The Morgan fingerprint density at radius 2 is 2.14 bits per heavy atom. The molecule has 3 rings (SSSR count). The number of halogens is 1. The lowest BCUT2D eigenvalue weighted by molar-refractivity contribution is -0.141. The van der Waals surface area contributed by atoms with Crippen LogP contribution in [0.1, 0.15) is 17.9 Å². The average Bonchev–Trinajstić information content (AvgIpc) is 3.02. The molecular weight excluding hydrogens is 370 g/mol. The number of fused-ring (bicyclic) bond motifs is 1. The number of rotatable bonds is 3. The molecule has 2 aliphatic heterocycles. The number of esters is 1. The Hall–Kier alpha value is -1.47. The number of amides is 1. The van der Waals surface area contributed by atoms with E-state index in [2.05, 4.69) is 15.9 Å². The highest BCUT2D eigenvalue weighted by atomic mass is 79.9. The van der Waals surface area contributed by atoms with Gasteiger partial charge in [0.25, 0.3) is 5.91 Å². The summed E-state index contributed by atoms with van der Waals surface area (Å²) in [6, 6.07) is 7.21. The molecule has 5 nitrogen and oxygen atoms in total. The molecule has 0 radical (unpaired) electrons. The predicted octanol–water partition coefficient (Wildman–Crippen LogP) is 2.78. The zero-order chi connectivity index (χ0) is 15.9. The summed E-state index contributed by atoms with van der Waals surface area (Å²) < 4.78 is 5.83. The minimum atomic E-state index is -0.751. The smallest absolute Gasteiger partial charge is 0.347 e. The van der Waals surface area contributed by atoms with Gasteiger partial charge in [-0.2, -0.15) is 0 Å². The summed E-state index contributed by atoms with van der Waals surface area (Å²) in [4.78, 5) is 26.0. The summed E-state index contributed by atoms with van der Waals surface area (Å²) >= 11 is 4.95. The molecular formula is C15H14BrNO4S. The monoisotopic (exact) mass is 383 g/mol. The number of carbonyl (C=O) groups is 2. The van der Waals surface area contributed by atoms with Crippen molar-refractivity contribution in [3.63, 3.8) is 0 Å². The van der Waals surface area contributed by atoms with Crippen LogP contribution in [0, 0.1) is 0 Å². The summed E-state index contributed by atoms with van der Waals surface area (Å²) in [5.41, 5.74) is 0.733. The topological polar surface area (TPSA) is 66.8 Å². The first-order valence-corrected chi connectivity index (χ1v) is 8.68. The quantitative estimate of drug-likeness (QED) is 0.641. The van der Waals surface area contributed by atoms with Gasteiger partial charge in [0.1, 0.15) is 17.2 Å². The fraction of sp³-hybridized carbons (Fsp3) is 0.333. The molecule has 1 fully saturated rings. The zero-order valence-corrected chi connectivity index (χ0v) is 14.2. The Morgan fingerprint density at radius 1 is 1.45 bits per heavy atom. The maximum absolute atomic E-state index is 12.5. The van der Waals surface area contributed by atoms with Crippen molar-refractivity contribution in [2.24, 2.45) is 0 Å². The van der Waals surface area contributed by atoms with Crippen molar-refractivity contribution < 1.29 is 19.4 Å². The molecule has 0 spiro atoms. The average molecular weight is 384 g/mol. The number of carbonyl (C=O) groups excluding carboxylic acids is 2. The van der Waals surface area contributed by atoms with E-state index in [-0.39, 0.29) is 23.3 Å². The van der Waals surface area contributed by atoms with Crippen LogP contribution in [-0.2, 0) is 14.3 Å². The normalized spacial score (nSPS) is 23.9. The lowest BCUT2D eigenvalue weighted by Gasteiger charge is -2.23. The molecule has 1 saturated heterocycles. The maximum Gasteiger partial charge on any atom is 0.347 e. The number of hydrogen-bond acceptors (Lipinski definition) is 5. The molecule has 0 bridgehead atoms. The minimum absolute atomic E-state index is 0.165. The lowest BCUT2D eigenvalue weighted by atomic mass is 10.2. The van der Waals surface area contributed by atoms with Gasteiger partial charge in [-0.1, -0.05) is 28.1 Å². The Kier molecular flexibility index (Phi) is 4.18. The fourth-order valence-electron chi connectivity index (χ4n) is 2.65. The van der Waals surface area contributed by atoms with Crippen molar-refractivity contribution >= 4 is 39.6 Å². The fourth-order valence-corrected chi connectivity index (χ4v) is 4.35. The highest BCUT2D eigenvalue weighted by Crippen LogP contribution is 2.47. The van der Waals surface area contributed by atoms with Gasteiger partial charge in [-0.3, -0.25) is 4.79 Å². The molecule has 1 N–H and O–H groups in total. The summed E-state index contributed by atoms with van der Waals surface area (Å²) in [6.45, 7) is 1.83. The van der Waals surface area contributed by atoms with Crippen molar-refractivity contribution in [1.82, 2.24) is 4.90 Å². The predicted molar refractivity (Wildman–Crippen MR) is 86.3 cm³/mol. The Balaban J connectivity index is 1.90. The molecule has 2 heterocycles. The molecule has 1 aromatic rings. The summed E-state index contributed by atoms with van der Waals surface area (Å²) in [6.07, 6.45) is 0. The summed E-state index contributed by atoms with van der Waals surface area (Å²) in [5.74, 6) is -0.824. The lowest BCUT2D eigenvalue weighted by Crippen LogP contribution is -2.34.